The normalized spacial score (nSPS) is 16.3. The van der Waals surface area contributed by atoms with E-state index in [0.717, 1.165) is 40.4 Å². The molecule has 1 saturated heterocycles. The van der Waals surface area contributed by atoms with E-state index in [1.165, 1.54) is 0 Å². The monoisotopic (exact) mass is 391 g/mol. The molecule has 2 aromatic carbocycles. The highest BCUT2D eigenvalue weighted by Gasteiger charge is 2.29. The van der Waals surface area contributed by atoms with Crippen molar-refractivity contribution >= 4 is 5.91 Å². The summed E-state index contributed by atoms with van der Waals surface area (Å²) >= 11 is 0. The lowest BCUT2D eigenvalue weighted by atomic mass is 10.0. The molecule has 1 aromatic heterocycles. The third kappa shape index (κ3) is 3.58. The van der Waals surface area contributed by atoms with Gasteiger partial charge in [0, 0.05) is 37.2 Å². The predicted octanol–water partition coefficient (Wildman–Crippen LogP) is 3.86. The molecule has 2 heterocycles. The van der Waals surface area contributed by atoms with E-state index in [0.29, 0.717) is 13.0 Å². The van der Waals surface area contributed by atoms with Crippen molar-refractivity contribution in [1.82, 2.24) is 14.5 Å². The summed E-state index contributed by atoms with van der Waals surface area (Å²) in [5.74, 6) is 1.69. The second kappa shape index (κ2) is 7.99. The molecule has 1 aliphatic rings. The SMILES string of the molecule is COc1ccc(OC)c(-c2c(-c3ccccc3)ncn2CC2CCC(=O)N2C)c1. The molecular formula is C23H25N3O3. The van der Waals surface area contributed by atoms with Gasteiger partial charge in [-0.25, -0.2) is 4.98 Å². The van der Waals surface area contributed by atoms with E-state index in [4.69, 9.17) is 14.5 Å². The molecule has 0 N–H and O–H groups in total. The van der Waals surface area contributed by atoms with Gasteiger partial charge in [-0.15, -0.1) is 0 Å². The number of benzene rings is 2. The van der Waals surface area contributed by atoms with Crippen LogP contribution in [0.3, 0.4) is 0 Å². The molecule has 6 nitrogen and oxygen atoms in total. The number of likely N-dealkylation sites (tertiary alicyclic amines) is 1. The first kappa shape index (κ1) is 19.1. The highest BCUT2D eigenvalue weighted by atomic mass is 16.5. The molecule has 0 radical (unpaired) electrons. The predicted molar refractivity (Wildman–Crippen MR) is 112 cm³/mol. The summed E-state index contributed by atoms with van der Waals surface area (Å²) in [6.45, 7) is 0.678. The number of carbonyl (C=O) groups excluding carboxylic acids is 1. The van der Waals surface area contributed by atoms with Gasteiger partial charge in [0.05, 0.1) is 31.9 Å². The standard InChI is InChI=1S/C23H25N3O3/c1-25-17(9-12-21(25)27)14-26-15-24-22(16-7-5-4-6-8-16)23(26)19-13-18(28-2)10-11-20(19)29-3/h4-8,10-11,13,15,17H,9,12,14H2,1-3H3. The van der Waals surface area contributed by atoms with E-state index >= 15 is 0 Å². The summed E-state index contributed by atoms with van der Waals surface area (Å²) in [4.78, 5) is 18.6. The number of nitrogens with zero attached hydrogens (tertiary/aromatic N) is 3. The van der Waals surface area contributed by atoms with Gasteiger partial charge in [-0.3, -0.25) is 4.79 Å². The molecule has 1 atom stereocenters. The molecular weight excluding hydrogens is 366 g/mol. The summed E-state index contributed by atoms with van der Waals surface area (Å²) in [6, 6.07) is 16.0. The molecule has 0 bridgehead atoms. The topological polar surface area (TPSA) is 56.6 Å². The van der Waals surface area contributed by atoms with Crippen molar-refractivity contribution in [3.8, 4) is 34.0 Å². The highest BCUT2D eigenvalue weighted by Crippen LogP contribution is 2.39. The maximum absolute atomic E-state index is 12.0. The van der Waals surface area contributed by atoms with Gasteiger partial charge in [-0.2, -0.15) is 0 Å². The van der Waals surface area contributed by atoms with Gasteiger partial charge in [-0.05, 0) is 24.6 Å². The van der Waals surface area contributed by atoms with Crippen LogP contribution in [0, 0.1) is 0 Å². The third-order valence-electron chi connectivity index (χ3n) is 5.59. The molecule has 1 amide bonds. The van der Waals surface area contributed by atoms with E-state index in [-0.39, 0.29) is 11.9 Å². The number of carbonyl (C=O) groups is 1. The van der Waals surface area contributed by atoms with Crippen molar-refractivity contribution in [1.29, 1.82) is 0 Å². The van der Waals surface area contributed by atoms with Gasteiger partial charge >= 0.3 is 0 Å². The zero-order valence-corrected chi connectivity index (χ0v) is 17.0. The fourth-order valence-electron chi connectivity index (χ4n) is 3.91. The number of ether oxygens (including phenoxy) is 2. The first-order valence-electron chi connectivity index (χ1n) is 9.71. The van der Waals surface area contributed by atoms with E-state index in [1.54, 1.807) is 14.2 Å². The Morgan fingerprint density at radius 3 is 2.55 bits per heavy atom. The molecule has 0 aliphatic carbocycles. The number of likely N-dealkylation sites (N-methyl/N-ethyl adjacent to an activating group) is 1. The van der Waals surface area contributed by atoms with Crippen LogP contribution in [0.1, 0.15) is 12.8 Å². The molecule has 0 spiro atoms. The first-order valence-corrected chi connectivity index (χ1v) is 9.71. The lowest BCUT2D eigenvalue weighted by Crippen LogP contribution is -2.32. The van der Waals surface area contributed by atoms with Crippen LogP contribution in [0.15, 0.2) is 54.9 Å². The van der Waals surface area contributed by atoms with Gasteiger partial charge in [0.1, 0.15) is 11.5 Å². The van der Waals surface area contributed by atoms with Crippen molar-refractivity contribution in [3.05, 3.63) is 54.9 Å². The summed E-state index contributed by atoms with van der Waals surface area (Å²) < 4.78 is 13.3. The lowest BCUT2D eigenvalue weighted by molar-refractivity contribution is -0.127. The van der Waals surface area contributed by atoms with E-state index in [1.807, 2.05) is 66.8 Å². The Labute approximate surface area is 170 Å². The minimum atomic E-state index is 0.149. The quantitative estimate of drug-likeness (QED) is 0.640. The number of hydrogen-bond acceptors (Lipinski definition) is 4. The van der Waals surface area contributed by atoms with Gasteiger partial charge in [0.25, 0.3) is 0 Å². The summed E-state index contributed by atoms with van der Waals surface area (Å²) in [5.41, 5.74) is 3.78. The third-order valence-corrected chi connectivity index (χ3v) is 5.59. The Balaban J connectivity index is 1.86. The molecule has 6 heteroatoms. The number of aromatic nitrogens is 2. The van der Waals surface area contributed by atoms with Gasteiger partial charge in [0.2, 0.25) is 5.91 Å². The van der Waals surface area contributed by atoms with Crippen LogP contribution in [0.5, 0.6) is 11.5 Å². The summed E-state index contributed by atoms with van der Waals surface area (Å²) in [5, 5.41) is 0. The first-order chi connectivity index (χ1) is 14.1. The molecule has 150 valence electrons. The Morgan fingerprint density at radius 2 is 1.90 bits per heavy atom. The maximum Gasteiger partial charge on any atom is 0.222 e. The smallest absolute Gasteiger partial charge is 0.222 e. The fourth-order valence-corrected chi connectivity index (χ4v) is 3.91. The van der Waals surface area contributed by atoms with Crippen LogP contribution >= 0.6 is 0 Å². The summed E-state index contributed by atoms with van der Waals surface area (Å²) in [7, 11) is 5.19. The van der Waals surface area contributed by atoms with E-state index in [9.17, 15) is 4.79 Å². The second-order valence-corrected chi connectivity index (χ2v) is 7.22. The van der Waals surface area contributed by atoms with Gasteiger partial charge < -0.3 is 18.9 Å². The molecule has 29 heavy (non-hydrogen) atoms. The van der Waals surface area contributed by atoms with E-state index < -0.39 is 0 Å². The van der Waals surface area contributed by atoms with Gasteiger partial charge in [-0.1, -0.05) is 30.3 Å². The molecule has 1 fully saturated rings. The van der Waals surface area contributed by atoms with E-state index in [2.05, 4.69) is 4.57 Å². The number of imidazole rings is 1. The minimum absolute atomic E-state index is 0.149. The molecule has 3 aromatic rings. The lowest BCUT2D eigenvalue weighted by Gasteiger charge is -2.22. The van der Waals surface area contributed by atoms with Crippen molar-refractivity contribution in [2.45, 2.75) is 25.4 Å². The van der Waals surface area contributed by atoms with Crippen LogP contribution in [0.4, 0.5) is 0 Å². The van der Waals surface area contributed by atoms with Crippen LogP contribution in [0.2, 0.25) is 0 Å². The average molecular weight is 391 g/mol. The largest absolute Gasteiger partial charge is 0.497 e. The number of rotatable bonds is 6. The fraction of sp³-hybridized carbons (Fsp3) is 0.304. The minimum Gasteiger partial charge on any atom is -0.497 e. The van der Waals surface area contributed by atoms with Crippen molar-refractivity contribution < 1.29 is 14.3 Å². The van der Waals surface area contributed by atoms with Crippen molar-refractivity contribution in [2.75, 3.05) is 21.3 Å². The summed E-state index contributed by atoms with van der Waals surface area (Å²) in [6.07, 6.45) is 3.30. The zero-order chi connectivity index (χ0) is 20.4. The van der Waals surface area contributed by atoms with Crippen molar-refractivity contribution in [2.24, 2.45) is 0 Å². The van der Waals surface area contributed by atoms with Crippen LogP contribution in [0.25, 0.3) is 22.5 Å². The Morgan fingerprint density at radius 1 is 1.10 bits per heavy atom. The Bertz CT molecular complexity index is 1010. The maximum atomic E-state index is 12.0. The average Bonchev–Trinajstić information content (AvgIpc) is 3.32. The van der Waals surface area contributed by atoms with Crippen LogP contribution < -0.4 is 9.47 Å². The highest BCUT2D eigenvalue weighted by molar-refractivity contribution is 5.83. The molecule has 1 aliphatic heterocycles. The van der Waals surface area contributed by atoms with Crippen LogP contribution in [-0.2, 0) is 11.3 Å². The Hall–Kier alpha value is -3.28. The van der Waals surface area contributed by atoms with Crippen LogP contribution in [-0.4, -0.2) is 47.7 Å². The second-order valence-electron chi connectivity index (χ2n) is 7.22. The zero-order valence-electron chi connectivity index (χ0n) is 17.0. The van der Waals surface area contributed by atoms with Crippen molar-refractivity contribution in [3.63, 3.8) is 0 Å². The molecule has 0 saturated carbocycles. The Kier molecular flexibility index (Phi) is 5.25. The molecule has 1 unspecified atom stereocenters. The molecule has 4 rings (SSSR count). The number of methoxy groups -OCH3 is 2. The number of amides is 1. The van der Waals surface area contributed by atoms with Gasteiger partial charge in [0.15, 0.2) is 0 Å². The number of hydrogen-bond donors (Lipinski definition) is 0.